The van der Waals surface area contributed by atoms with E-state index in [0.29, 0.717) is 39.5 Å². The maximum absolute atomic E-state index is 9.67. The van der Waals surface area contributed by atoms with Crippen molar-refractivity contribution in [1.82, 2.24) is 0 Å². The summed E-state index contributed by atoms with van der Waals surface area (Å²) in [6.45, 7) is -5.39. The first-order valence-corrected chi connectivity index (χ1v) is 6.75. The molecular formula is C12H24F6O6. The molecular weight excluding hydrogens is 354 g/mol. The van der Waals surface area contributed by atoms with Crippen molar-refractivity contribution in [3.05, 3.63) is 0 Å². The van der Waals surface area contributed by atoms with Gasteiger partial charge in [-0.2, -0.15) is 26.3 Å². The Morgan fingerprint density at radius 1 is 0.625 bits per heavy atom. The molecule has 0 aromatic carbocycles. The van der Waals surface area contributed by atoms with Crippen LogP contribution in [0, 0.1) is 0 Å². The Kier molecular flexibility index (Phi) is 28.8. The van der Waals surface area contributed by atoms with Gasteiger partial charge in [-0.1, -0.05) is 0 Å². The standard InChI is InChI=1S/C10H22O6.2CHF3/c11-2-1-10(9-13)16-8-7-15-6-5-14-4-3-12;2*2-1(3)4/h10-13H,1-9H2;2*1H. The van der Waals surface area contributed by atoms with Crippen LogP contribution in [0.4, 0.5) is 26.3 Å². The summed E-state index contributed by atoms with van der Waals surface area (Å²) < 4.78 is 73.4. The molecule has 12 heteroatoms. The maximum atomic E-state index is 9.67. The third kappa shape index (κ3) is 42.9. The van der Waals surface area contributed by atoms with Gasteiger partial charge in [0.05, 0.1) is 52.4 Å². The first-order valence-electron chi connectivity index (χ1n) is 6.75. The van der Waals surface area contributed by atoms with E-state index in [4.69, 9.17) is 29.5 Å². The molecule has 150 valence electrons. The number of rotatable bonds is 12. The number of hydrogen-bond donors (Lipinski definition) is 3. The molecule has 6 nitrogen and oxygen atoms in total. The Bertz CT molecular complexity index is 205. The summed E-state index contributed by atoms with van der Waals surface area (Å²) in [4.78, 5) is 0. The Morgan fingerprint density at radius 2 is 1.04 bits per heavy atom. The third-order valence-corrected chi connectivity index (χ3v) is 1.84. The Balaban J connectivity index is -0.000000457. The molecule has 1 unspecified atom stereocenters. The van der Waals surface area contributed by atoms with Crippen molar-refractivity contribution in [2.45, 2.75) is 25.9 Å². The largest absolute Gasteiger partial charge is 0.396 e. The number of aliphatic hydroxyl groups is 3. The van der Waals surface area contributed by atoms with Crippen LogP contribution in [-0.4, -0.2) is 87.6 Å². The van der Waals surface area contributed by atoms with Crippen molar-refractivity contribution in [3.63, 3.8) is 0 Å². The molecule has 0 saturated heterocycles. The Morgan fingerprint density at radius 3 is 1.42 bits per heavy atom. The second-order valence-corrected chi connectivity index (χ2v) is 3.63. The smallest absolute Gasteiger partial charge is 0.379 e. The number of hydrogen-bond acceptors (Lipinski definition) is 6. The second kappa shape index (κ2) is 24.6. The first kappa shape index (κ1) is 28.2. The molecule has 3 N–H and O–H groups in total. The average Bonchev–Trinajstić information content (AvgIpc) is 2.47. The van der Waals surface area contributed by atoms with Crippen molar-refractivity contribution in [2.75, 3.05) is 52.9 Å². The fourth-order valence-corrected chi connectivity index (χ4v) is 1.03. The van der Waals surface area contributed by atoms with E-state index in [0.717, 1.165) is 0 Å². The molecule has 0 bridgehead atoms. The molecule has 0 amide bonds. The van der Waals surface area contributed by atoms with Gasteiger partial charge in [-0.05, 0) is 6.42 Å². The molecule has 0 heterocycles. The van der Waals surface area contributed by atoms with Crippen molar-refractivity contribution >= 4 is 0 Å². The highest BCUT2D eigenvalue weighted by Gasteiger charge is 2.05. The molecule has 0 aliphatic rings. The molecule has 1 atom stereocenters. The van der Waals surface area contributed by atoms with Crippen molar-refractivity contribution < 1.29 is 55.9 Å². The van der Waals surface area contributed by atoms with E-state index in [2.05, 4.69) is 0 Å². The van der Waals surface area contributed by atoms with Crippen LogP contribution in [0.5, 0.6) is 0 Å². The van der Waals surface area contributed by atoms with E-state index < -0.39 is 13.4 Å². The first-order chi connectivity index (χ1) is 11.3. The predicted octanol–water partition coefficient (Wildman–Crippen LogP) is 1.13. The molecule has 0 saturated carbocycles. The fourth-order valence-electron chi connectivity index (χ4n) is 1.03. The summed E-state index contributed by atoms with van der Waals surface area (Å²) >= 11 is 0. The number of halogens is 6. The van der Waals surface area contributed by atoms with Crippen LogP contribution in [0.1, 0.15) is 6.42 Å². The van der Waals surface area contributed by atoms with E-state index in [9.17, 15) is 26.3 Å². The predicted molar refractivity (Wildman–Crippen MR) is 71.5 cm³/mol. The summed E-state index contributed by atoms with van der Waals surface area (Å²) in [5.74, 6) is 0. The fraction of sp³-hybridized carbons (Fsp3) is 1.00. The van der Waals surface area contributed by atoms with Crippen LogP contribution in [0.15, 0.2) is 0 Å². The van der Waals surface area contributed by atoms with Crippen molar-refractivity contribution in [2.24, 2.45) is 0 Å². The minimum atomic E-state index is -3.67. The lowest BCUT2D eigenvalue weighted by Gasteiger charge is -2.13. The lowest BCUT2D eigenvalue weighted by molar-refractivity contribution is -0.0371. The summed E-state index contributed by atoms with van der Waals surface area (Å²) in [7, 11) is 0. The Labute approximate surface area is 135 Å². The quantitative estimate of drug-likeness (QED) is 0.349. The van der Waals surface area contributed by atoms with Crippen LogP contribution in [-0.2, 0) is 14.2 Å². The normalized spacial score (nSPS) is 11.6. The zero-order valence-electron chi connectivity index (χ0n) is 12.9. The highest BCUT2D eigenvalue weighted by molar-refractivity contribution is 4.53. The molecule has 0 aliphatic heterocycles. The van der Waals surface area contributed by atoms with Crippen molar-refractivity contribution in [3.8, 4) is 0 Å². The van der Waals surface area contributed by atoms with Gasteiger partial charge in [-0.3, -0.25) is 0 Å². The zero-order chi connectivity index (χ0) is 19.2. The van der Waals surface area contributed by atoms with E-state index >= 15 is 0 Å². The second-order valence-electron chi connectivity index (χ2n) is 3.63. The monoisotopic (exact) mass is 378 g/mol. The van der Waals surface area contributed by atoms with Gasteiger partial charge in [0.2, 0.25) is 0 Å². The number of aliphatic hydroxyl groups excluding tert-OH is 3. The summed E-state index contributed by atoms with van der Waals surface area (Å²) in [6, 6.07) is 0. The number of ether oxygens (including phenoxy) is 3. The van der Waals surface area contributed by atoms with E-state index in [1.807, 2.05) is 0 Å². The van der Waals surface area contributed by atoms with Crippen LogP contribution < -0.4 is 0 Å². The minimum Gasteiger partial charge on any atom is -0.396 e. The van der Waals surface area contributed by atoms with Crippen molar-refractivity contribution in [1.29, 1.82) is 0 Å². The minimum absolute atomic E-state index is 0.00107. The highest BCUT2D eigenvalue weighted by atomic mass is 19.4. The van der Waals surface area contributed by atoms with Crippen LogP contribution >= 0.6 is 0 Å². The van der Waals surface area contributed by atoms with Gasteiger partial charge in [-0.25, -0.2) is 0 Å². The lowest BCUT2D eigenvalue weighted by Crippen LogP contribution is -2.22. The Hall–Kier alpha value is -0.660. The maximum Gasteiger partial charge on any atom is 0.379 e. The lowest BCUT2D eigenvalue weighted by atomic mass is 10.3. The topological polar surface area (TPSA) is 88.4 Å². The number of alkyl halides is 6. The van der Waals surface area contributed by atoms with Gasteiger partial charge >= 0.3 is 13.4 Å². The zero-order valence-corrected chi connectivity index (χ0v) is 12.9. The third-order valence-electron chi connectivity index (χ3n) is 1.84. The molecule has 0 radical (unpaired) electrons. The molecule has 0 rings (SSSR count). The van der Waals surface area contributed by atoms with Gasteiger partial charge in [0.1, 0.15) is 0 Å². The van der Waals surface area contributed by atoms with Crippen LogP contribution in [0.2, 0.25) is 0 Å². The van der Waals surface area contributed by atoms with Crippen LogP contribution in [0.25, 0.3) is 0 Å². The van der Waals surface area contributed by atoms with E-state index in [1.165, 1.54) is 0 Å². The molecule has 24 heavy (non-hydrogen) atoms. The van der Waals surface area contributed by atoms with Gasteiger partial charge < -0.3 is 29.5 Å². The van der Waals surface area contributed by atoms with Gasteiger partial charge in [0, 0.05) is 6.61 Å². The summed E-state index contributed by atoms with van der Waals surface area (Å²) in [5.41, 5.74) is 0. The van der Waals surface area contributed by atoms with Gasteiger partial charge in [-0.15, -0.1) is 0 Å². The molecule has 0 aromatic heterocycles. The summed E-state index contributed by atoms with van der Waals surface area (Å²) in [5, 5.41) is 25.9. The molecule has 0 spiro atoms. The molecule has 0 aromatic rings. The van der Waals surface area contributed by atoms with Gasteiger partial charge in [0.15, 0.2) is 0 Å². The molecule has 0 fully saturated rings. The van der Waals surface area contributed by atoms with E-state index in [1.54, 1.807) is 0 Å². The van der Waals surface area contributed by atoms with Gasteiger partial charge in [0.25, 0.3) is 0 Å². The highest BCUT2D eigenvalue weighted by Crippen LogP contribution is 1.96. The SMILES string of the molecule is FC(F)F.FC(F)F.OCCOCCOCCOC(CO)CCO. The average molecular weight is 378 g/mol. The summed E-state index contributed by atoms with van der Waals surface area (Å²) in [6.07, 6.45) is 0.107. The molecule has 0 aliphatic carbocycles. The van der Waals surface area contributed by atoms with E-state index in [-0.39, 0.29) is 25.9 Å². The van der Waals surface area contributed by atoms with Crippen LogP contribution in [0.3, 0.4) is 0 Å².